The van der Waals surface area contributed by atoms with Crippen molar-refractivity contribution in [1.29, 1.82) is 0 Å². The Morgan fingerprint density at radius 3 is 2.80 bits per heavy atom. The van der Waals surface area contributed by atoms with Gasteiger partial charge in [0.15, 0.2) is 0 Å². The summed E-state index contributed by atoms with van der Waals surface area (Å²) < 4.78 is 0. The normalized spacial score (nSPS) is 22.6. The third-order valence-corrected chi connectivity index (χ3v) is 5.01. The molecule has 2 heteroatoms. The molecule has 3 rings (SSSR count). The second-order valence-electron chi connectivity index (χ2n) is 5.81. The quantitative estimate of drug-likeness (QED) is 0.792. The number of benzene rings is 1. The van der Waals surface area contributed by atoms with Crippen LogP contribution < -0.4 is 5.32 Å². The molecule has 0 saturated heterocycles. The van der Waals surface area contributed by atoms with E-state index in [4.69, 9.17) is 0 Å². The minimum Gasteiger partial charge on any atom is -0.313 e. The van der Waals surface area contributed by atoms with E-state index < -0.39 is 0 Å². The Kier molecular flexibility index (Phi) is 4.54. The van der Waals surface area contributed by atoms with Crippen molar-refractivity contribution < 1.29 is 0 Å². The second-order valence-corrected chi connectivity index (χ2v) is 6.59. The van der Waals surface area contributed by atoms with Crippen LogP contribution >= 0.6 is 11.3 Å². The molecular formula is C18H23NS. The van der Waals surface area contributed by atoms with Crippen LogP contribution in [-0.2, 0) is 6.42 Å². The fraction of sp³-hybridized carbons (Fsp3) is 0.444. The minimum absolute atomic E-state index is 0.634. The monoisotopic (exact) mass is 285 g/mol. The molecular weight excluding hydrogens is 262 g/mol. The van der Waals surface area contributed by atoms with Gasteiger partial charge in [-0.1, -0.05) is 37.3 Å². The Bertz CT molecular complexity index is 505. The van der Waals surface area contributed by atoms with Crippen LogP contribution in [0.2, 0.25) is 0 Å². The van der Waals surface area contributed by atoms with Crippen LogP contribution in [-0.4, -0.2) is 12.6 Å². The number of thiophene rings is 1. The van der Waals surface area contributed by atoms with Crippen LogP contribution in [0.25, 0.3) is 0 Å². The zero-order valence-electron chi connectivity index (χ0n) is 12.1. The maximum absolute atomic E-state index is 3.77. The molecule has 1 aromatic heterocycles. The largest absolute Gasteiger partial charge is 0.313 e. The van der Waals surface area contributed by atoms with Gasteiger partial charge in [-0.25, -0.2) is 0 Å². The smallest absolute Gasteiger partial charge is 0.0142 e. The van der Waals surface area contributed by atoms with Gasteiger partial charge in [0.05, 0.1) is 0 Å². The summed E-state index contributed by atoms with van der Waals surface area (Å²) in [5.74, 6) is 1.58. The maximum Gasteiger partial charge on any atom is 0.0142 e. The highest BCUT2D eigenvalue weighted by Gasteiger charge is 2.43. The van der Waals surface area contributed by atoms with Crippen molar-refractivity contribution in [2.24, 2.45) is 5.92 Å². The van der Waals surface area contributed by atoms with Crippen LogP contribution in [0.5, 0.6) is 0 Å². The Morgan fingerprint density at radius 1 is 1.25 bits per heavy atom. The third-order valence-electron chi connectivity index (χ3n) is 4.28. The summed E-state index contributed by atoms with van der Waals surface area (Å²) in [6, 6.07) is 13.9. The molecule has 1 saturated carbocycles. The van der Waals surface area contributed by atoms with Crippen molar-refractivity contribution in [3.05, 3.63) is 58.3 Å². The summed E-state index contributed by atoms with van der Waals surface area (Å²) >= 11 is 1.81. The highest BCUT2D eigenvalue weighted by Crippen LogP contribution is 2.50. The molecule has 1 N–H and O–H groups in total. The first-order valence-electron chi connectivity index (χ1n) is 7.68. The summed E-state index contributed by atoms with van der Waals surface area (Å²) in [7, 11) is 0. The van der Waals surface area contributed by atoms with E-state index in [-0.39, 0.29) is 0 Å². The first kappa shape index (κ1) is 13.8. The maximum atomic E-state index is 3.77. The molecule has 1 aliphatic rings. The predicted octanol–water partition coefficient (Wildman–Crippen LogP) is 4.46. The topological polar surface area (TPSA) is 12.0 Å². The summed E-state index contributed by atoms with van der Waals surface area (Å²) in [5.41, 5.74) is 3.01. The Balaban J connectivity index is 1.65. The summed E-state index contributed by atoms with van der Waals surface area (Å²) in [6.45, 7) is 3.38. The van der Waals surface area contributed by atoms with Gasteiger partial charge in [0.2, 0.25) is 0 Å². The highest BCUT2D eigenvalue weighted by molar-refractivity contribution is 7.07. The van der Waals surface area contributed by atoms with Gasteiger partial charge in [-0.2, -0.15) is 11.3 Å². The van der Waals surface area contributed by atoms with Gasteiger partial charge in [-0.15, -0.1) is 0 Å². The molecule has 1 aromatic carbocycles. The van der Waals surface area contributed by atoms with Gasteiger partial charge in [0.1, 0.15) is 0 Å². The van der Waals surface area contributed by atoms with Gasteiger partial charge in [0, 0.05) is 6.04 Å². The molecule has 0 radical (unpaired) electrons. The molecule has 1 heterocycles. The molecule has 0 aliphatic heterocycles. The lowest BCUT2D eigenvalue weighted by Crippen LogP contribution is -2.34. The van der Waals surface area contributed by atoms with E-state index in [1.54, 1.807) is 11.3 Å². The molecule has 1 aliphatic carbocycles. The number of rotatable bonds is 7. The van der Waals surface area contributed by atoms with Crippen molar-refractivity contribution >= 4 is 11.3 Å². The summed E-state index contributed by atoms with van der Waals surface area (Å²) in [4.78, 5) is 0. The number of hydrogen-bond donors (Lipinski definition) is 1. The van der Waals surface area contributed by atoms with E-state index in [0.29, 0.717) is 6.04 Å². The molecule has 3 unspecified atom stereocenters. The molecule has 1 nitrogen and oxygen atoms in total. The lowest BCUT2D eigenvalue weighted by atomic mass is 10.00. The molecule has 0 bridgehead atoms. The van der Waals surface area contributed by atoms with Gasteiger partial charge in [-0.05, 0) is 65.6 Å². The van der Waals surface area contributed by atoms with Crippen LogP contribution in [0.4, 0.5) is 0 Å². The second kappa shape index (κ2) is 6.55. The lowest BCUT2D eigenvalue weighted by Gasteiger charge is -2.18. The summed E-state index contributed by atoms with van der Waals surface area (Å²) in [5, 5.41) is 8.25. The fourth-order valence-electron chi connectivity index (χ4n) is 3.11. The molecule has 2 aromatic rings. The van der Waals surface area contributed by atoms with Crippen LogP contribution in [0.3, 0.4) is 0 Å². The molecule has 0 spiro atoms. The Morgan fingerprint density at radius 2 is 2.10 bits per heavy atom. The van der Waals surface area contributed by atoms with Crippen LogP contribution in [0, 0.1) is 5.92 Å². The molecule has 1 fully saturated rings. The van der Waals surface area contributed by atoms with Crippen molar-refractivity contribution in [3.63, 3.8) is 0 Å². The van der Waals surface area contributed by atoms with Gasteiger partial charge >= 0.3 is 0 Å². The number of nitrogens with one attached hydrogen (secondary N) is 1. The molecule has 0 amide bonds. The standard InChI is InChI=1S/C18H23NS/c1-2-9-19-18(11-14-8-10-20-13-14)17-12-16(17)15-6-4-3-5-7-15/h3-8,10,13,16-19H,2,9,11-12H2,1H3. The first-order valence-corrected chi connectivity index (χ1v) is 8.62. The zero-order chi connectivity index (χ0) is 13.8. The van der Waals surface area contributed by atoms with Gasteiger partial charge < -0.3 is 5.32 Å². The minimum atomic E-state index is 0.634. The van der Waals surface area contributed by atoms with E-state index >= 15 is 0 Å². The van der Waals surface area contributed by atoms with E-state index in [9.17, 15) is 0 Å². The van der Waals surface area contributed by atoms with Crippen molar-refractivity contribution in [2.75, 3.05) is 6.54 Å². The molecule has 3 atom stereocenters. The number of hydrogen-bond acceptors (Lipinski definition) is 2. The lowest BCUT2D eigenvalue weighted by molar-refractivity contribution is 0.453. The molecule has 20 heavy (non-hydrogen) atoms. The Labute approximate surface area is 126 Å². The van der Waals surface area contributed by atoms with Crippen molar-refractivity contribution in [2.45, 2.75) is 38.1 Å². The third kappa shape index (κ3) is 3.31. The SMILES string of the molecule is CCCNC(Cc1ccsc1)C1CC1c1ccccc1. The van der Waals surface area contributed by atoms with Crippen molar-refractivity contribution in [1.82, 2.24) is 5.32 Å². The van der Waals surface area contributed by atoms with Gasteiger partial charge in [-0.3, -0.25) is 0 Å². The van der Waals surface area contributed by atoms with E-state index in [1.165, 1.54) is 30.4 Å². The first-order chi connectivity index (χ1) is 9.88. The van der Waals surface area contributed by atoms with Crippen molar-refractivity contribution in [3.8, 4) is 0 Å². The van der Waals surface area contributed by atoms with E-state index in [2.05, 4.69) is 59.4 Å². The average molecular weight is 285 g/mol. The van der Waals surface area contributed by atoms with E-state index in [1.807, 2.05) is 0 Å². The fourth-order valence-corrected chi connectivity index (χ4v) is 3.79. The summed E-state index contributed by atoms with van der Waals surface area (Å²) in [6.07, 6.45) is 3.73. The average Bonchev–Trinajstić information content (AvgIpc) is 3.13. The van der Waals surface area contributed by atoms with E-state index in [0.717, 1.165) is 18.4 Å². The Hall–Kier alpha value is -1.12. The van der Waals surface area contributed by atoms with Crippen LogP contribution in [0.1, 0.15) is 36.8 Å². The highest BCUT2D eigenvalue weighted by atomic mass is 32.1. The predicted molar refractivity (Wildman–Crippen MR) is 87.4 cm³/mol. The molecule has 106 valence electrons. The van der Waals surface area contributed by atoms with Gasteiger partial charge in [0.25, 0.3) is 0 Å². The zero-order valence-corrected chi connectivity index (χ0v) is 12.9. The van der Waals surface area contributed by atoms with Crippen LogP contribution in [0.15, 0.2) is 47.2 Å².